The molecule has 0 bridgehead atoms. The van der Waals surface area contributed by atoms with Crippen LogP contribution in [0.3, 0.4) is 0 Å². The van der Waals surface area contributed by atoms with Gasteiger partial charge in [0.05, 0.1) is 6.42 Å². The van der Waals surface area contributed by atoms with Gasteiger partial charge in [0, 0.05) is 12.8 Å². The fourth-order valence-electron chi connectivity index (χ4n) is 0.415. The van der Waals surface area contributed by atoms with Crippen molar-refractivity contribution in [2.24, 2.45) is 0 Å². The average Bonchev–Trinajstić information content (AvgIpc) is 1.85. The van der Waals surface area contributed by atoms with Crippen LogP contribution in [0.1, 0.15) is 19.3 Å². The zero-order valence-electron chi connectivity index (χ0n) is 5.00. The second kappa shape index (κ2) is 5.15. The number of hydrogen-bond donors (Lipinski definition) is 0. The van der Waals surface area contributed by atoms with Gasteiger partial charge in [-0.1, -0.05) is 0 Å². The standard InChI is InChI=1S/C6H8O3/c7-4-1-2-6(9)3-5-8/h4-5H,1-3H2. The lowest BCUT2D eigenvalue weighted by Crippen LogP contribution is -1.97. The summed E-state index contributed by atoms with van der Waals surface area (Å²) in [5, 5.41) is 0. The van der Waals surface area contributed by atoms with E-state index in [1.807, 2.05) is 0 Å². The fraction of sp³-hybridized carbons (Fsp3) is 0.500. The van der Waals surface area contributed by atoms with Gasteiger partial charge in [-0.3, -0.25) is 4.79 Å². The zero-order chi connectivity index (χ0) is 7.11. The quantitative estimate of drug-likeness (QED) is 0.390. The van der Waals surface area contributed by atoms with Gasteiger partial charge in [-0.2, -0.15) is 0 Å². The van der Waals surface area contributed by atoms with E-state index < -0.39 is 0 Å². The molecule has 3 nitrogen and oxygen atoms in total. The highest BCUT2D eigenvalue weighted by Gasteiger charge is 1.97. The van der Waals surface area contributed by atoms with Crippen molar-refractivity contribution in [2.75, 3.05) is 0 Å². The van der Waals surface area contributed by atoms with E-state index in [2.05, 4.69) is 0 Å². The lowest BCUT2D eigenvalue weighted by atomic mass is 10.2. The minimum absolute atomic E-state index is 0.0617. The summed E-state index contributed by atoms with van der Waals surface area (Å²) in [7, 11) is 0. The third kappa shape index (κ3) is 4.87. The van der Waals surface area contributed by atoms with Crippen LogP contribution in [-0.2, 0) is 14.4 Å². The van der Waals surface area contributed by atoms with E-state index in [1.165, 1.54) is 0 Å². The van der Waals surface area contributed by atoms with Gasteiger partial charge in [-0.15, -0.1) is 0 Å². The Morgan fingerprint density at radius 3 is 2.33 bits per heavy atom. The molecule has 0 saturated heterocycles. The topological polar surface area (TPSA) is 51.2 Å². The number of hydrogen-bond acceptors (Lipinski definition) is 3. The maximum absolute atomic E-state index is 10.4. The van der Waals surface area contributed by atoms with Gasteiger partial charge >= 0.3 is 0 Å². The van der Waals surface area contributed by atoms with Crippen molar-refractivity contribution in [1.82, 2.24) is 0 Å². The Labute approximate surface area is 53.0 Å². The molecule has 0 spiro atoms. The van der Waals surface area contributed by atoms with Crippen LogP contribution in [0, 0.1) is 0 Å². The van der Waals surface area contributed by atoms with Gasteiger partial charge in [-0.25, -0.2) is 0 Å². The Morgan fingerprint density at radius 1 is 1.22 bits per heavy atom. The summed E-state index contributed by atoms with van der Waals surface area (Å²) in [5.41, 5.74) is 0. The van der Waals surface area contributed by atoms with Crippen LogP contribution in [0.25, 0.3) is 0 Å². The summed E-state index contributed by atoms with van der Waals surface area (Å²) < 4.78 is 0. The first kappa shape index (κ1) is 8.01. The van der Waals surface area contributed by atoms with Crippen LogP contribution in [0.2, 0.25) is 0 Å². The molecule has 0 aromatic heterocycles. The maximum Gasteiger partial charge on any atom is 0.140 e. The Morgan fingerprint density at radius 2 is 1.89 bits per heavy atom. The summed E-state index contributed by atoms with van der Waals surface area (Å²) in [4.78, 5) is 29.8. The highest BCUT2D eigenvalue weighted by atomic mass is 16.1. The predicted molar refractivity (Wildman–Crippen MR) is 31.0 cm³/mol. The molecular weight excluding hydrogens is 120 g/mol. The van der Waals surface area contributed by atoms with Gasteiger partial charge < -0.3 is 9.59 Å². The van der Waals surface area contributed by atoms with E-state index in [1.54, 1.807) is 0 Å². The van der Waals surface area contributed by atoms with E-state index in [9.17, 15) is 14.4 Å². The minimum Gasteiger partial charge on any atom is -0.303 e. The summed E-state index contributed by atoms with van der Waals surface area (Å²) in [5.74, 6) is -0.169. The monoisotopic (exact) mass is 128 g/mol. The van der Waals surface area contributed by atoms with E-state index in [4.69, 9.17) is 0 Å². The molecule has 0 saturated carbocycles. The lowest BCUT2D eigenvalue weighted by molar-refractivity contribution is -0.123. The highest BCUT2D eigenvalue weighted by molar-refractivity contribution is 5.90. The van der Waals surface area contributed by atoms with E-state index in [-0.39, 0.29) is 25.0 Å². The second-order valence-corrected chi connectivity index (χ2v) is 1.61. The number of rotatable bonds is 5. The largest absolute Gasteiger partial charge is 0.303 e. The van der Waals surface area contributed by atoms with Crippen LogP contribution in [0.15, 0.2) is 0 Å². The molecule has 0 rings (SSSR count). The summed E-state index contributed by atoms with van der Waals surface area (Å²) >= 11 is 0. The Hall–Kier alpha value is -0.990. The molecular formula is C6H8O3. The minimum atomic E-state index is -0.169. The third-order valence-corrected chi connectivity index (χ3v) is 0.852. The smallest absolute Gasteiger partial charge is 0.140 e. The summed E-state index contributed by atoms with van der Waals surface area (Å²) in [6.07, 6.45) is 1.58. The first-order valence-corrected chi connectivity index (χ1v) is 2.70. The van der Waals surface area contributed by atoms with Crippen molar-refractivity contribution in [1.29, 1.82) is 0 Å². The molecule has 0 atom stereocenters. The number of carbonyl (C=O) groups excluding carboxylic acids is 3. The molecule has 9 heavy (non-hydrogen) atoms. The second-order valence-electron chi connectivity index (χ2n) is 1.61. The predicted octanol–water partition coefficient (Wildman–Crippen LogP) is 0.124. The SMILES string of the molecule is O=CCCC(=O)CC=O. The normalized spacial score (nSPS) is 8.44. The van der Waals surface area contributed by atoms with Crippen molar-refractivity contribution in [3.63, 3.8) is 0 Å². The van der Waals surface area contributed by atoms with Gasteiger partial charge in [-0.05, 0) is 0 Å². The molecule has 0 radical (unpaired) electrons. The number of ketones is 1. The first-order valence-electron chi connectivity index (χ1n) is 2.70. The van der Waals surface area contributed by atoms with Crippen LogP contribution < -0.4 is 0 Å². The van der Waals surface area contributed by atoms with Crippen LogP contribution in [0.5, 0.6) is 0 Å². The van der Waals surface area contributed by atoms with Gasteiger partial charge in [0.2, 0.25) is 0 Å². The lowest BCUT2D eigenvalue weighted by Gasteiger charge is -1.86. The van der Waals surface area contributed by atoms with Gasteiger partial charge in [0.1, 0.15) is 18.4 Å². The third-order valence-electron chi connectivity index (χ3n) is 0.852. The molecule has 0 aliphatic heterocycles. The van der Waals surface area contributed by atoms with Gasteiger partial charge in [0.15, 0.2) is 0 Å². The Balaban J connectivity index is 3.26. The molecule has 50 valence electrons. The zero-order valence-corrected chi connectivity index (χ0v) is 5.00. The van der Waals surface area contributed by atoms with Crippen molar-refractivity contribution in [2.45, 2.75) is 19.3 Å². The van der Waals surface area contributed by atoms with E-state index in [0.29, 0.717) is 12.6 Å². The molecule has 0 aliphatic rings. The molecule has 0 unspecified atom stereocenters. The molecule has 0 fully saturated rings. The number of aldehydes is 2. The van der Waals surface area contributed by atoms with Crippen molar-refractivity contribution in [3.8, 4) is 0 Å². The van der Waals surface area contributed by atoms with Crippen molar-refractivity contribution < 1.29 is 14.4 Å². The Kier molecular flexibility index (Phi) is 4.59. The van der Waals surface area contributed by atoms with E-state index >= 15 is 0 Å². The Bertz CT molecular complexity index is 117. The number of Topliss-reactive ketones (excluding diaryl/α,β-unsaturated/α-hetero) is 1. The summed E-state index contributed by atoms with van der Waals surface area (Å²) in [6.45, 7) is 0. The number of carbonyl (C=O) groups is 3. The van der Waals surface area contributed by atoms with Crippen LogP contribution in [-0.4, -0.2) is 18.4 Å². The highest BCUT2D eigenvalue weighted by Crippen LogP contribution is 1.89. The van der Waals surface area contributed by atoms with Crippen LogP contribution in [0.4, 0.5) is 0 Å². The van der Waals surface area contributed by atoms with E-state index in [0.717, 1.165) is 0 Å². The van der Waals surface area contributed by atoms with Crippen molar-refractivity contribution >= 4 is 18.4 Å². The first-order chi connectivity index (χ1) is 4.31. The molecule has 3 heteroatoms. The molecule has 0 aromatic carbocycles. The van der Waals surface area contributed by atoms with Crippen LogP contribution >= 0.6 is 0 Å². The van der Waals surface area contributed by atoms with Crippen molar-refractivity contribution in [3.05, 3.63) is 0 Å². The molecule has 0 aromatic rings. The molecule has 0 aliphatic carbocycles. The fourth-order valence-corrected chi connectivity index (χ4v) is 0.415. The molecule has 0 heterocycles. The maximum atomic E-state index is 10.4. The molecule has 0 N–H and O–H groups in total. The average molecular weight is 128 g/mol. The van der Waals surface area contributed by atoms with Gasteiger partial charge in [0.25, 0.3) is 0 Å². The summed E-state index contributed by atoms with van der Waals surface area (Å²) in [6, 6.07) is 0. The molecule has 0 amide bonds.